The van der Waals surface area contributed by atoms with Crippen LogP contribution in [0.25, 0.3) is 0 Å². The minimum absolute atomic E-state index is 0.0710. The fraction of sp³-hybridized carbons (Fsp3) is 0.300. The predicted molar refractivity (Wildman–Crippen MR) is 103 cm³/mol. The van der Waals surface area contributed by atoms with Crippen LogP contribution in [0.4, 0.5) is 10.5 Å². The monoisotopic (exact) mass is 384 g/mol. The van der Waals surface area contributed by atoms with Gasteiger partial charge in [-0.1, -0.05) is 12.7 Å². The number of hydrogen-bond donors (Lipinski definition) is 2. The summed E-state index contributed by atoms with van der Waals surface area (Å²) in [5.74, 6) is -0.833. The third kappa shape index (κ3) is 3.08. The van der Waals surface area contributed by atoms with Gasteiger partial charge in [-0.15, -0.1) is 0 Å². The van der Waals surface area contributed by atoms with Crippen molar-refractivity contribution in [1.82, 2.24) is 4.90 Å². The number of thiophene rings is 1. The van der Waals surface area contributed by atoms with Crippen molar-refractivity contribution in [3.8, 4) is 0 Å². The molecule has 6 nitrogen and oxygen atoms in total. The largest absolute Gasteiger partial charge is 0.478 e. The number of aromatic carboxylic acids is 1. The summed E-state index contributed by atoms with van der Waals surface area (Å²) < 4.78 is 5.28. The molecule has 1 aromatic heterocycles. The topological polar surface area (TPSA) is 78.9 Å². The van der Waals surface area contributed by atoms with Gasteiger partial charge in [0.25, 0.3) is 0 Å². The van der Waals surface area contributed by atoms with Crippen LogP contribution >= 0.6 is 11.3 Å². The molecule has 0 radical (unpaired) electrons. The number of carbonyl (C=O) groups excluding carboxylic acids is 1. The molecular formula is C20H20N2O4S. The van der Waals surface area contributed by atoms with Crippen molar-refractivity contribution in [3.05, 3.63) is 64.4 Å². The van der Waals surface area contributed by atoms with Gasteiger partial charge in [-0.05, 0) is 52.6 Å². The van der Waals surface area contributed by atoms with Crippen molar-refractivity contribution in [3.63, 3.8) is 0 Å². The Labute approximate surface area is 161 Å². The summed E-state index contributed by atoms with van der Waals surface area (Å²) in [7, 11) is 0. The average molecular weight is 384 g/mol. The van der Waals surface area contributed by atoms with E-state index in [1.54, 1.807) is 40.5 Å². The van der Waals surface area contributed by atoms with E-state index in [4.69, 9.17) is 4.74 Å². The van der Waals surface area contributed by atoms with Gasteiger partial charge in [0.05, 0.1) is 17.6 Å². The fourth-order valence-electron chi connectivity index (χ4n) is 4.11. The molecule has 0 saturated carbocycles. The van der Waals surface area contributed by atoms with Gasteiger partial charge in [-0.25, -0.2) is 9.59 Å². The highest BCUT2D eigenvalue weighted by atomic mass is 32.1. The molecule has 0 aliphatic carbocycles. The third-order valence-corrected chi connectivity index (χ3v) is 5.96. The zero-order valence-electron chi connectivity index (χ0n) is 14.6. The van der Waals surface area contributed by atoms with E-state index in [9.17, 15) is 14.7 Å². The highest BCUT2D eigenvalue weighted by Gasteiger charge is 2.47. The molecule has 2 aliphatic rings. The lowest BCUT2D eigenvalue weighted by Gasteiger charge is -2.39. The first-order chi connectivity index (χ1) is 13.1. The summed E-state index contributed by atoms with van der Waals surface area (Å²) in [5, 5.41) is 17.1. The van der Waals surface area contributed by atoms with Crippen LogP contribution < -0.4 is 5.32 Å². The van der Waals surface area contributed by atoms with Gasteiger partial charge in [0.1, 0.15) is 6.61 Å². The van der Waals surface area contributed by atoms with Crippen molar-refractivity contribution < 1.29 is 19.4 Å². The number of benzene rings is 1. The molecule has 7 heteroatoms. The Morgan fingerprint density at radius 3 is 2.96 bits per heavy atom. The Morgan fingerprint density at radius 1 is 1.41 bits per heavy atom. The third-order valence-electron chi connectivity index (χ3n) is 5.26. The first-order valence-corrected chi connectivity index (χ1v) is 9.74. The van der Waals surface area contributed by atoms with Crippen LogP contribution in [0, 0.1) is 5.92 Å². The molecule has 0 spiro atoms. The first-order valence-electron chi connectivity index (χ1n) is 8.80. The minimum Gasteiger partial charge on any atom is -0.478 e. The molecular weight excluding hydrogens is 364 g/mol. The van der Waals surface area contributed by atoms with E-state index in [2.05, 4.69) is 23.3 Å². The number of nitrogens with zero attached hydrogens (tertiary/aromatic N) is 1. The van der Waals surface area contributed by atoms with E-state index >= 15 is 0 Å². The van der Waals surface area contributed by atoms with Crippen molar-refractivity contribution in [1.29, 1.82) is 0 Å². The molecule has 1 aromatic carbocycles. The minimum atomic E-state index is -0.979. The number of carboxylic acid groups (broad SMARTS) is 1. The van der Waals surface area contributed by atoms with E-state index in [-0.39, 0.29) is 36.3 Å². The number of hydrogen-bond acceptors (Lipinski definition) is 5. The normalized spacial score (nSPS) is 23.1. The van der Waals surface area contributed by atoms with Gasteiger partial charge in [-0.2, -0.15) is 11.3 Å². The maximum absolute atomic E-state index is 12.6. The van der Waals surface area contributed by atoms with Gasteiger partial charge in [0, 0.05) is 18.2 Å². The summed E-state index contributed by atoms with van der Waals surface area (Å²) >= 11 is 1.64. The molecule has 27 heavy (non-hydrogen) atoms. The zero-order valence-corrected chi connectivity index (χ0v) is 15.4. The Kier molecular flexibility index (Phi) is 4.61. The number of nitrogens with one attached hydrogen (secondary N) is 1. The second kappa shape index (κ2) is 7.08. The van der Waals surface area contributed by atoms with E-state index in [1.165, 1.54) is 5.56 Å². The highest BCUT2D eigenvalue weighted by Crippen LogP contribution is 2.51. The number of anilines is 1. The lowest BCUT2D eigenvalue weighted by molar-refractivity contribution is 0.0696. The molecule has 3 unspecified atom stereocenters. The number of amides is 1. The summed E-state index contributed by atoms with van der Waals surface area (Å²) in [6, 6.07) is 7.00. The number of fused-ring (bicyclic) bond motifs is 3. The van der Waals surface area contributed by atoms with Gasteiger partial charge in [0.15, 0.2) is 0 Å². The van der Waals surface area contributed by atoms with Crippen LogP contribution in [0.3, 0.4) is 0 Å². The van der Waals surface area contributed by atoms with Crippen LogP contribution in [-0.2, 0) is 4.74 Å². The second-order valence-electron chi connectivity index (χ2n) is 6.74. The summed E-state index contributed by atoms with van der Waals surface area (Å²) in [5.41, 5.74) is 3.10. The average Bonchev–Trinajstić information content (AvgIpc) is 3.35. The quantitative estimate of drug-likeness (QED) is 0.769. The molecule has 1 fully saturated rings. The van der Waals surface area contributed by atoms with Gasteiger partial charge < -0.3 is 20.1 Å². The highest BCUT2D eigenvalue weighted by molar-refractivity contribution is 7.08. The van der Waals surface area contributed by atoms with Crippen molar-refractivity contribution in [2.45, 2.75) is 18.5 Å². The van der Waals surface area contributed by atoms with Gasteiger partial charge in [-0.3, -0.25) is 0 Å². The Balaban J connectivity index is 1.76. The number of carboxylic acids is 1. The molecule has 1 saturated heterocycles. The van der Waals surface area contributed by atoms with Crippen LogP contribution in [-0.4, -0.2) is 35.2 Å². The Morgan fingerprint density at radius 2 is 2.26 bits per heavy atom. The molecule has 0 bridgehead atoms. The van der Waals surface area contributed by atoms with Crippen LogP contribution in [0.2, 0.25) is 0 Å². The number of likely N-dealkylation sites (tertiary alicyclic amines) is 1. The molecule has 2 aromatic rings. The molecule has 1 amide bonds. The van der Waals surface area contributed by atoms with Crippen molar-refractivity contribution in [2.24, 2.45) is 5.92 Å². The van der Waals surface area contributed by atoms with Crippen molar-refractivity contribution in [2.75, 3.05) is 18.5 Å². The summed E-state index contributed by atoms with van der Waals surface area (Å²) in [6.45, 7) is 4.31. The van der Waals surface area contributed by atoms with E-state index < -0.39 is 5.97 Å². The summed E-state index contributed by atoms with van der Waals surface area (Å²) in [4.78, 5) is 25.8. The smallest absolute Gasteiger partial charge is 0.410 e. The SMILES string of the molecule is C=CCOC(=O)N1CCC2C(c3ccsc3)Nc3ccc(C(=O)O)cc3C21. The Bertz CT molecular complexity index is 880. The summed E-state index contributed by atoms with van der Waals surface area (Å²) in [6.07, 6.45) is 1.97. The lowest BCUT2D eigenvalue weighted by Crippen LogP contribution is -2.38. The van der Waals surface area contributed by atoms with Crippen LogP contribution in [0.15, 0.2) is 47.7 Å². The second-order valence-corrected chi connectivity index (χ2v) is 7.52. The first kappa shape index (κ1) is 17.6. The molecule has 3 atom stereocenters. The van der Waals surface area contributed by atoms with Crippen molar-refractivity contribution >= 4 is 29.1 Å². The van der Waals surface area contributed by atoms with E-state index in [1.807, 2.05) is 5.38 Å². The number of ether oxygens (including phenoxy) is 1. The zero-order chi connectivity index (χ0) is 19.0. The van der Waals surface area contributed by atoms with Crippen LogP contribution in [0.5, 0.6) is 0 Å². The maximum atomic E-state index is 12.6. The molecule has 3 heterocycles. The number of rotatable bonds is 4. The fourth-order valence-corrected chi connectivity index (χ4v) is 4.81. The van der Waals surface area contributed by atoms with E-state index in [0.29, 0.717) is 6.54 Å². The van der Waals surface area contributed by atoms with Crippen LogP contribution in [0.1, 0.15) is 40.0 Å². The number of carbonyl (C=O) groups is 2. The van der Waals surface area contributed by atoms with Gasteiger partial charge in [0.2, 0.25) is 0 Å². The Hall–Kier alpha value is -2.80. The molecule has 2 aliphatic heterocycles. The van der Waals surface area contributed by atoms with Gasteiger partial charge >= 0.3 is 12.1 Å². The maximum Gasteiger partial charge on any atom is 0.410 e. The predicted octanol–water partition coefficient (Wildman–Crippen LogP) is 4.30. The molecule has 2 N–H and O–H groups in total. The molecule has 4 rings (SSSR count). The van der Waals surface area contributed by atoms with E-state index in [0.717, 1.165) is 17.7 Å². The molecule has 140 valence electrons. The lowest BCUT2D eigenvalue weighted by atomic mass is 9.80. The standard InChI is InChI=1S/C20H20N2O4S/c1-2-8-26-20(25)22-7-5-14-17(13-6-9-27-11-13)21-16-4-3-12(19(23)24)10-15(16)18(14)22/h2-4,6,9-11,14,17-18,21H,1,5,7-8H2,(H,23,24).